The van der Waals surface area contributed by atoms with E-state index in [9.17, 15) is 19.2 Å². The van der Waals surface area contributed by atoms with Gasteiger partial charge in [0.15, 0.2) is 5.13 Å². The van der Waals surface area contributed by atoms with Gasteiger partial charge >= 0.3 is 5.97 Å². The van der Waals surface area contributed by atoms with Crippen LogP contribution in [-0.4, -0.2) is 41.3 Å². The molecule has 1 aromatic heterocycles. The predicted octanol–water partition coefficient (Wildman–Crippen LogP) is 2.10. The summed E-state index contributed by atoms with van der Waals surface area (Å²) in [5.74, 6) is -1.62. The van der Waals surface area contributed by atoms with E-state index in [1.807, 2.05) is 0 Å². The van der Waals surface area contributed by atoms with Gasteiger partial charge in [0.25, 0.3) is 5.91 Å². The monoisotopic (exact) mass is 416 g/mol. The zero-order valence-corrected chi connectivity index (χ0v) is 16.7. The first-order valence-corrected chi connectivity index (χ1v) is 9.85. The average Bonchev–Trinajstić information content (AvgIpc) is 2.99. The van der Waals surface area contributed by atoms with Crippen molar-refractivity contribution in [3.8, 4) is 0 Å². The van der Waals surface area contributed by atoms with Crippen LogP contribution in [0.5, 0.6) is 0 Å². The molecule has 3 N–H and O–H groups in total. The van der Waals surface area contributed by atoms with Crippen molar-refractivity contribution in [1.29, 1.82) is 0 Å². The van der Waals surface area contributed by atoms with E-state index < -0.39 is 12.0 Å². The maximum Gasteiger partial charge on any atom is 0.350 e. The number of esters is 1. The Balaban J connectivity index is 1.58. The molecular weight excluding hydrogens is 396 g/mol. The Hall–Kier alpha value is -3.27. The zero-order chi connectivity index (χ0) is 21.0. The summed E-state index contributed by atoms with van der Waals surface area (Å²) in [5, 5.41) is 8.23. The first-order chi connectivity index (χ1) is 13.9. The second kappa shape index (κ2) is 8.82. The lowest BCUT2D eigenvalue weighted by molar-refractivity contribution is -0.118. The molecule has 1 aromatic carbocycles. The predicted molar refractivity (Wildman–Crippen MR) is 107 cm³/mol. The van der Waals surface area contributed by atoms with Crippen LogP contribution in [0.25, 0.3) is 0 Å². The van der Waals surface area contributed by atoms with Crippen molar-refractivity contribution >= 4 is 45.8 Å². The number of hydrogen-bond donors (Lipinski definition) is 3. The molecule has 0 unspecified atom stereocenters. The molecule has 10 heteroatoms. The lowest BCUT2D eigenvalue weighted by atomic mass is 10.1. The molecule has 1 atom stereocenters. The van der Waals surface area contributed by atoms with Crippen molar-refractivity contribution in [1.82, 2.24) is 10.3 Å². The van der Waals surface area contributed by atoms with E-state index >= 15 is 0 Å². The molecule has 3 rings (SSSR count). The van der Waals surface area contributed by atoms with E-state index in [0.717, 1.165) is 11.3 Å². The van der Waals surface area contributed by atoms with E-state index in [1.54, 1.807) is 38.1 Å². The number of thiazole rings is 1. The Morgan fingerprint density at radius 3 is 2.79 bits per heavy atom. The molecule has 9 nitrogen and oxygen atoms in total. The number of nitrogens with zero attached hydrogens (tertiary/aromatic N) is 1. The molecule has 0 aliphatic carbocycles. The van der Waals surface area contributed by atoms with Crippen molar-refractivity contribution in [3.05, 3.63) is 40.4 Å². The third kappa shape index (κ3) is 4.77. The minimum atomic E-state index is -0.839. The first-order valence-electron chi connectivity index (χ1n) is 9.04. The van der Waals surface area contributed by atoms with Gasteiger partial charge in [-0.2, -0.15) is 0 Å². The average molecular weight is 416 g/mol. The molecule has 29 heavy (non-hydrogen) atoms. The summed E-state index contributed by atoms with van der Waals surface area (Å²) in [6.07, 6.45) is 0.106. The number of aryl methyl sites for hydroxylation is 1. The van der Waals surface area contributed by atoms with E-state index in [4.69, 9.17) is 4.74 Å². The summed E-state index contributed by atoms with van der Waals surface area (Å²) in [6, 6.07) is 5.85. The van der Waals surface area contributed by atoms with Crippen LogP contribution in [0.15, 0.2) is 24.3 Å². The summed E-state index contributed by atoms with van der Waals surface area (Å²) in [5.41, 5.74) is 1.28. The minimum Gasteiger partial charge on any atom is -0.462 e. The van der Waals surface area contributed by atoms with Crippen LogP contribution >= 0.6 is 11.3 Å². The quantitative estimate of drug-likeness (QED) is 0.619. The van der Waals surface area contributed by atoms with Crippen molar-refractivity contribution in [2.75, 3.05) is 17.2 Å². The van der Waals surface area contributed by atoms with Crippen molar-refractivity contribution in [2.45, 2.75) is 32.7 Å². The molecule has 0 fully saturated rings. The highest BCUT2D eigenvalue weighted by atomic mass is 32.1. The fourth-order valence-corrected chi connectivity index (χ4v) is 3.68. The molecule has 2 heterocycles. The fraction of sp³-hybridized carbons (Fsp3) is 0.316. The van der Waals surface area contributed by atoms with Gasteiger partial charge in [-0.05, 0) is 32.4 Å². The number of rotatable bonds is 6. The number of benzene rings is 1. The molecule has 2 aromatic rings. The van der Waals surface area contributed by atoms with Gasteiger partial charge in [0.05, 0.1) is 23.6 Å². The molecule has 0 bridgehead atoms. The third-order valence-corrected chi connectivity index (χ3v) is 5.27. The van der Waals surface area contributed by atoms with Crippen LogP contribution in [0.4, 0.5) is 10.8 Å². The number of fused-ring (bicyclic) bond motifs is 1. The molecule has 0 saturated carbocycles. The van der Waals surface area contributed by atoms with Crippen LogP contribution in [0.3, 0.4) is 0 Å². The van der Waals surface area contributed by atoms with Crippen LogP contribution in [0.2, 0.25) is 0 Å². The number of aromatic nitrogens is 1. The molecule has 0 saturated heterocycles. The largest absolute Gasteiger partial charge is 0.462 e. The summed E-state index contributed by atoms with van der Waals surface area (Å²) < 4.78 is 4.95. The molecule has 0 radical (unpaired) electrons. The second-order valence-electron chi connectivity index (χ2n) is 6.30. The lowest BCUT2D eigenvalue weighted by Crippen LogP contribution is -2.41. The topological polar surface area (TPSA) is 126 Å². The van der Waals surface area contributed by atoms with Crippen molar-refractivity contribution in [2.24, 2.45) is 0 Å². The highest BCUT2D eigenvalue weighted by Gasteiger charge is 2.28. The van der Waals surface area contributed by atoms with Gasteiger partial charge in [0.2, 0.25) is 11.8 Å². The number of amides is 3. The Bertz CT molecular complexity index is 971. The number of carbonyl (C=O) groups excluding carboxylic acids is 4. The molecule has 152 valence electrons. The van der Waals surface area contributed by atoms with Crippen LogP contribution in [0.1, 0.15) is 45.5 Å². The van der Waals surface area contributed by atoms with Gasteiger partial charge in [-0.3, -0.25) is 14.4 Å². The summed E-state index contributed by atoms with van der Waals surface area (Å²) in [6.45, 7) is 3.61. The Morgan fingerprint density at radius 1 is 1.28 bits per heavy atom. The highest BCUT2D eigenvalue weighted by Crippen LogP contribution is 2.24. The van der Waals surface area contributed by atoms with Gasteiger partial charge in [0.1, 0.15) is 10.9 Å². The molecular formula is C19H20N4O5S. The van der Waals surface area contributed by atoms with Crippen LogP contribution in [0, 0.1) is 6.92 Å². The van der Waals surface area contributed by atoms with Crippen molar-refractivity contribution < 1.29 is 23.9 Å². The molecule has 1 aliphatic rings. The normalized spacial score (nSPS) is 15.6. The summed E-state index contributed by atoms with van der Waals surface area (Å²) in [7, 11) is 0. The standard InChI is InChI=1S/C19H20N4O5S/c1-3-28-18(27)15-10(2)20-19(29-15)23-14(24)9-8-13-17(26)21-12-7-5-4-6-11(12)16(25)22-13/h4-7,13H,3,8-9H2,1-2H3,(H,21,26)(H,22,25)(H,20,23,24)/t13-/m1/s1. The number of nitrogens with one attached hydrogen (secondary N) is 3. The number of para-hydroxylation sites is 1. The van der Waals surface area contributed by atoms with E-state index in [0.29, 0.717) is 21.8 Å². The summed E-state index contributed by atoms with van der Waals surface area (Å²) in [4.78, 5) is 53.2. The van der Waals surface area contributed by atoms with Crippen LogP contribution in [-0.2, 0) is 14.3 Å². The van der Waals surface area contributed by atoms with E-state index in [1.165, 1.54) is 0 Å². The number of hydrogen-bond acceptors (Lipinski definition) is 7. The second-order valence-corrected chi connectivity index (χ2v) is 7.30. The first kappa shape index (κ1) is 20.5. The van der Waals surface area contributed by atoms with Crippen molar-refractivity contribution in [3.63, 3.8) is 0 Å². The van der Waals surface area contributed by atoms with Gasteiger partial charge < -0.3 is 20.7 Å². The maximum atomic E-state index is 12.4. The Morgan fingerprint density at radius 2 is 2.03 bits per heavy atom. The molecule has 0 spiro atoms. The van der Waals surface area contributed by atoms with Gasteiger partial charge in [-0.15, -0.1) is 0 Å². The van der Waals surface area contributed by atoms with Gasteiger partial charge in [0, 0.05) is 6.42 Å². The summed E-state index contributed by atoms with van der Waals surface area (Å²) >= 11 is 1.03. The Labute approximate surface area is 170 Å². The fourth-order valence-electron chi connectivity index (χ4n) is 2.81. The van der Waals surface area contributed by atoms with Gasteiger partial charge in [-0.1, -0.05) is 23.5 Å². The lowest BCUT2D eigenvalue weighted by Gasteiger charge is -2.13. The Kier molecular flexibility index (Phi) is 6.23. The smallest absolute Gasteiger partial charge is 0.350 e. The minimum absolute atomic E-state index is 0.0118. The van der Waals surface area contributed by atoms with Gasteiger partial charge in [-0.25, -0.2) is 9.78 Å². The van der Waals surface area contributed by atoms with E-state index in [2.05, 4.69) is 20.9 Å². The number of anilines is 2. The molecule has 3 amide bonds. The molecule has 1 aliphatic heterocycles. The zero-order valence-electron chi connectivity index (χ0n) is 15.9. The third-order valence-electron chi connectivity index (χ3n) is 4.22. The SMILES string of the molecule is CCOC(=O)c1sc(NC(=O)CC[C@H]2NC(=O)c3ccccc3NC2=O)nc1C. The van der Waals surface area contributed by atoms with Crippen LogP contribution < -0.4 is 16.0 Å². The van der Waals surface area contributed by atoms with E-state index in [-0.39, 0.29) is 42.3 Å². The number of carbonyl (C=O) groups is 4. The number of ether oxygens (including phenoxy) is 1. The highest BCUT2D eigenvalue weighted by molar-refractivity contribution is 7.17. The maximum absolute atomic E-state index is 12.4.